The first-order valence-corrected chi connectivity index (χ1v) is 13.2. The molecule has 2 rings (SSSR count). The van der Waals surface area contributed by atoms with Crippen molar-refractivity contribution in [2.24, 2.45) is 0 Å². The molecular weight excluding hydrogens is 569 g/mol. The second kappa shape index (κ2) is 14.8. The van der Waals surface area contributed by atoms with Crippen LogP contribution in [0.4, 0.5) is 0 Å². The van der Waals surface area contributed by atoms with E-state index in [0.717, 1.165) is 0 Å². The molecule has 10 radical (unpaired) electrons. The summed E-state index contributed by atoms with van der Waals surface area (Å²) in [6.07, 6.45) is 17.7. The third-order valence-corrected chi connectivity index (χ3v) is 11.5. The molecule has 2 saturated carbocycles. The number of rotatable bonds is 2. The van der Waals surface area contributed by atoms with Gasteiger partial charge in [0.05, 0.1) is 0 Å². The summed E-state index contributed by atoms with van der Waals surface area (Å²) >= 11 is 0. The van der Waals surface area contributed by atoms with Crippen LogP contribution in [0.1, 0.15) is 83.1 Å². The quantitative estimate of drug-likeness (QED) is 0.271. The largest absolute Gasteiger partial charge is 2.00 e. The van der Waals surface area contributed by atoms with Gasteiger partial charge in [0.15, 0.2) is 0 Å². The minimum atomic E-state index is -0.101. The van der Waals surface area contributed by atoms with E-state index in [4.69, 9.17) is 0 Å². The van der Waals surface area contributed by atoms with Crippen molar-refractivity contribution in [1.29, 1.82) is 0 Å². The first kappa shape index (κ1) is 37.9. The van der Waals surface area contributed by atoms with Crippen LogP contribution in [0.25, 0.3) is 0 Å². The smallest absolute Gasteiger partial charge is 1.00 e. The average Bonchev–Trinajstić information content (AvgIpc) is 3.06. The maximum Gasteiger partial charge on any atom is 2.00 e. The molecule has 0 heterocycles. The van der Waals surface area contributed by atoms with Crippen molar-refractivity contribution in [2.45, 2.75) is 104 Å². The van der Waals surface area contributed by atoms with Gasteiger partial charge in [-0.25, -0.2) is 0 Å². The van der Waals surface area contributed by atoms with Crippen molar-refractivity contribution in [1.82, 2.24) is 0 Å². The van der Waals surface area contributed by atoms with Gasteiger partial charge in [-0.05, 0) is 72.0 Å². The standard InChI is InChI=1S/2C13H22P.BrH.Fe.Ni/c2*1-12(2,3)14(13(4,5)6)11-9-7-8-10-11;;;/h2*7-10H,1-6H3;1H;;/q;;;2*+2/p-1. The molecule has 0 bridgehead atoms. The van der Waals surface area contributed by atoms with Crippen molar-refractivity contribution in [3.63, 3.8) is 0 Å². The summed E-state index contributed by atoms with van der Waals surface area (Å²) in [7, 11) is -0.202. The van der Waals surface area contributed by atoms with Gasteiger partial charge >= 0.3 is 33.6 Å². The van der Waals surface area contributed by atoms with E-state index in [0.29, 0.717) is 20.6 Å². The topological polar surface area (TPSA) is 0 Å². The Morgan fingerprint density at radius 3 is 0.742 bits per heavy atom. The van der Waals surface area contributed by atoms with Crippen LogP contribution in [0.2, 0.25) is 0 Å². The molecule has 0 saturated heterocycles. The molecule has 0 amide bonds. The van der Waals surface area contributed by atoms with Crippen LogP contribution in [-0.4, -0.2) is 20.6 Å². The number of hydrogen-bond donors (Lipinski definition) is 0. The van der Waals surface area contributed by atoms with Crippen LogP contribution in [0.15, 0.2) is 0 Å². The van der Waals surface area contributed by atoms with Crippen LogP contribution in [-0.2, 0) is 33.6 Å². The van der Waals surface area contributed by atoms with Gasteiger partial charge in [0.1, 0.15) is 0 Å². The van der Waals surface area contributed by atoms with E-state index >= 15 is 0 Å². The fourth-order valence-corrected chi connectivity index (χ4v) is 12.7. The summed E-state index contributed by atoms with van der Waals surface area (Å²) in [5.74, 6) is 0. The van der Waals surface area contributed by atoms with Crippen molar-refractivity contribution >= 4 is 15.8 Å². The molecule has 0 unspecified atom stereocenters. The Kier molecular flexibility index (Phi) is 18.1. The summed E-state index contributed by atoms with van der Waals surface area (Å²) in [6.45, 7) is 28.3. The van der Waals surface area contributed by atoms with Gasteiger partial charge < -0.3 is 17.0 Å². The maximum atomic E-state index is 2.36. The molecule has 0 N–H and O–H groups in total. The van der Waals surface area contributed by atoms with Crippen molar-refractivity contribution < 1.29 is 50.5 Å². The monoisotopic (exact) mass is 611 g/mol. The molecule has 0 nitrogen and oxygen atoms in total. The third-order valence-electron chi connectivity index (χ3n) is 4.49. The zero-order valence-electron chi connectivity index (χ0n) is 21.6. The van der Waals surface area contributed by atoms with E-state index in [9.17, 15) is 0 Å². The predicted molar refractivity (Wildman–Crippen MR) is 134 cm³/mol. The van der Waals surface area contributed by atoms with Crippen LogP contribution >= 0.6 is 15.8 Å². The van der Waals surface area contributed by atoms with Gasteiger partial charge in [-0.1, -0.05) is 98.9 Å². The summed E-state index contributed by atoms with van der Waals surface area (Å²) in [4.78, 5) is 0. The number of halogens is 1. The molecule has 0 aromatic heterocycles. The van der Waals surface area contributed by atoms with Crippen molar-refractivity contribution in [2.75, 3.05) is 0 Å². The molecule has 0 aliphatic heterocycles. The summed E-state index contributed by atoms with van der Waals surface area (Å²) < 4.78 is 0. The molecule has 0 aromatic rings. The average molecular weight is 613 g/mol. The SMILES string of the molecule is CC(C)(C)P([C]1[CH][CH][CH][CH]1)C(C)(C)C.CC(C)(C)P([C]1[CH][CH][CH][CH]1)C(C)(C)C.[Br-].[Fe+2].[Ni+2]. The molecular formula is C26H44BrFeNiP2+3. The maximum absolute atomic E-state index is 2.36. The van der Waals surface area contributed by atoms with E-state index in [1.165, 1.54) is 0 Å². The van der Waals surface area contributed by atoms with Crippen LogP contribution < -0.4 is 17.0 Å². The minimum Gasteiger partial charge on any atom is -1.00 e. The second-order valence-corrected chi connectivity index (χ2v) is 19.4. The zero-order valence-corrected chi connectivity index (χ0v) is 27.0. The molecule has 2 aliphatic carbocycles. The third kappa shape index (κ3) is 12.7. The Balaban J connectivity index is -0.000000461. The second-order valence-electron chi connectivity index (χ2n) is 11.6. The minimum absolute atomic E-state index is 0. The van der Waals surface area contributed by atoms with Crippen LogP contribution in [0.3, 0.4) is 0 Å². The van der Waals surface area contributed by atoms with Gasteiger partial charge in [-0.2, -0.15) is 0 Å². The Morgan fingerprint density at radius 2 is 0.613 bits per heavy atom. The van der Waals surface area contributed by atoms with Gasteiger partial charge in [0.2, 0.25) is 0 Å². The van der Waals surface area contributed by atoms with E-state index < -0.39 is 0 Å². The fourth-order valence-electron chi connectivity index (χ4n) is 4.59. The number of hydrogen-bond acceptors (Lipinski definition) is 0. The van der Waals surface area contributed by atoms with Gasteiger partial charge in [-0.15, -0.1) is 0 Å². The van der Waals surface area contributed by atoms with Crippen molar-refractivity contribution in [3.05, 3.63) is 62.7 Å². The Hall–Kier alpha value is 2.35. The summed E-state index contributed by atoms with van der Waals surface area (Å²) in [5.41, 5.74) is 3.08. The van der Waals surface area contributed by atoms with Crippen molar-refractivity contribution in [3.8, 4) is 0 Å². The first-order valence-electron chi connectivity index (χ1n) is 10.5. The Morgan fingerprint density at radius 1 is 0.452 bits per heavy atom. The molecule has 0 atom stereocenters. The molecule has 5 heteroatoms. The normalized spacial score (nSPS) is 18.8. The molecule has 0 spiro atoms. The zero-order chi connectivity index (χ0) is 22.0. The van der Waals surface area contributed by atoms with E-state index in [2.05, 4.69) is 134 Å². The summed E-state index contributed by atoms with van der Waals surface area (Å²) in [6, 6.07) is 0. The molecule has 2 fully saturated rings. The summed E-state index contributed by atoms with van der Waals surface area (Å²) in [5, 5.41) is 1.56. The van der Waals surface area contributed by atoms with E-state index in [1.54, 1.807) is 11.3 Å². The van der Waals surface area contributed by atoms with Gasteiger partial charge in [-0.3, -0.25) is 0 Å². The van der Waals surface area contributed by atoms with Gasteiger partial charge in [0, 0.05) is 11.3 Å². The molecule has 180 valence electrons. The molecule has 2 aliphatic rings. The predicted octanol–water partition coefficient (Wildman–Crippen LogP) is 5.86. The van der Waals surface area contributed by atoms with E-state index in [-0.39, 0.29) is 66.4 Å². The Labute approximate surface area is 231 Å². The Bertz CT molecular complexity index is 388. The van der Waals surface area contributed by atoms with Crippen LogP contribution in [0.5, 0.6) is 0 Å². The molecule has 31 heavy (non-hydrogen) atoms. The fraction of sp³-hybridized carbons (Fsp3) is 0.615. The van der Waals surface area contributed by atoms with Gasteiger partial charge in [0.25, 0.3) is 0 Å². The van der Waals surface area contributed by atoms with Crippen LogP contribution in [0, 0.1) is 62.7 Å². The molecule has 0 aromatic carbocycles. The van der Waals surface area contributed by atoms with E-state index in [1.807, 2.05) is 0 Å². The first-order chi connectivity index (χ1) is 12.5.